The van der Waals surface area contributed by atoms with Gasteiger partial charge in [-0.2, -0.15) is 4.98 Å². The molecule has 0 radical (unpaired) electrons. The molecule has 2 heterocycles. The van der Waals surface area contributed by atoms with E-state index in [1.807, 2.05) is 48.5 Å². The van der Waals surface area contributed by atoms with Crippen LogP contribution in [-0.4, -0.2) is 41.8 Å². The van der Waals surface area contributed by atoms with Crippen LogP contribution in [0.4, 0.5) is 4.79 Å². The van der Waals surface area contributed by atoms with Gasteiger partial charge < -0.3 is 24.2 Å². The highest BCUT2D eigenvalue weighted by molar-refractivity contribution is 5.75. The van der Waals surface area contributed by atoms with Gasteiger partial charge in [-0.15, -0.1) is 0 Å². The molecule has 4 rings (SSSR count). The van der Waals surface area contributed by atoms with Crippen molar-refractivity contribution < 1.29 is 18.8 Å². The monoisotopic (exact) mass is 408 g/mol. The summed E-state index contributed by atoms with van der Waals surface area (Å²) in [6.45, 7) is 1.08. The van der Waals surface area contributed by atoms with Crippen molar-refractivity contribution in [3.63, 3.8) is 0 Å². The van der Waals surface area contributed by atoms with Crippen LogP contribution in [-0.2, 0) is 6.54 Å². The summed E-state index contributed by atoms with van der Waals surface area (Å²) >= 11 is 0. The summed E-state index contributed by atoms with van der Waals surface area (Å²) in [7, 11) is 3.24. The third-order valence-corrected chi connectivity index (χ3v) is 5.17. The molecular formula is C22H24N4O4. The van der Waals surface area contributed by atoms with Crippen molar-refractivity contribution in [2.75, 3.05) is 20.8 Å². The minimum atomic E-state index is -0.229. The number of amides is 2. The van der Waals surface area contributed by atoms with Gasteiger partial charge in [-0.3, -0.25) is 0 Å². The van der Waals surface area contributed by atoms with Gasteiger partial charge in [0.1, 0.15) is 17.5 Å². The molecule has 1 N–H and O–H groups in total. The summed E-state index contributed by atoms with van der Waals surface area (Å²) in [5.41, 5.74) is 1.80. The normalized spacial score (nSPS) is 15.8. The molecule has 2 amide bonds. The van der Waals surface area contributed by atoms with E-state index in [4.69, 9.17) is 14.0 Å². The third-order valence-electron chi connectivity index (χ3n) is 5.17. The zero-order valence-electron chi connectivity index (χ0n) is 17.0. The van der Waals surface area contributed by atoms with Gasteiger partial charge in [0.15, 0.2) is 0 Å². The molecule has 0 spiro atoms. The number of aromatic nitrogens is 2. The van der Waals surface area contributed by atoms with Crippen molar-refractivity contribution in [2.24, 2.45) is 0 Å². The van der Waals surface area contributed by atoms with Gasteiger partial charge in [0.2, 0.25) is 11.7 Å². The fourth-order valence-corrected chi connectivity index (χ4v) is 3.54. The number of benzene rings is 2. The summed E-state index contributed by atoms with van der Waals surface area (Å²) < 4.78 is 15.9. The van der Waals surface area contributed by atoms with E-state index < -0.39 is 0 Å². The summed E-state index contributed by atoms with van der Waals surface area (Å²) in [6, 6.07) is 14.7. The minimum Gasteiger partial charge on any atom is -0.497 e. The van der Waals surface area contributed by atoms with Crippen LogP contribution < -0.4 is 14.8 Å². The number of hydrogen-bond acceptors (Lipinski definition) is 6. The van der Waals surface area contributed by atoms with Gasteiger partial charge in [0, 0.05) is 18.7 Å². The number of rotatable bonds is 6. The molecule has 1 fully saturated rings. The molecule has 30 heavy (non-hydrogen) atoms. The van der Waals surface area contributed by atoms with Gasteiger partial charge in [-0.05, 0) is 42.7 Å². The van der Waals surface area contributed by atoms with E-state index in [1.165, 1.54) is 0 Å². The molecule has 2 aromatic carbocycles. The van der Waals surface area contributed by atoms with Gasteiger partial charge in [0.25, 0.3) is 0 Å². The predicted octanol–water partition coefficient (Wildman–Crippen LogP) is 3.80. The lowest BCUT2D eigenvalue weighted by Gasteiger charge is -2.22. The van der Waals surface area contributed by atoms with E-state index in [2.05, 4.69) is 15.5 Å². The standard InChI is InChI=1S/C22H24N4O4/c1-28-17-10-8-15(9-11-17)14-23-22(27)26-12-4-7-19(26)21-24-20(25-30-21)16-5-3-6-18(13-16)29-2/h3,5-6,8-11,13,19H,4,7,12,14H2,1-2H3,(H,23,27). The Balaban J connectivity index is 1.42. The summed E-state index contributed by atoms with van der Waals surface area (Å²) in [6.07, 6.45) is 1.67. The first-order valence-corrected chi connectivity index (χ1v) is 9.83. The number of nitrogens with zero attached hydrogens (tertiary/aromatic N) is 3. The minimum absolute atomic E-state index is 0.144. The highest BCUT2D eigenvalue weighted by atomic mass is 16.5. The molecule has 0 saturated carbocycles. The molecule has 156 valence electrons. The Morgan fingerprint density at radius 2 is 1.97 bits per heavy atom. The second-order valence-electron chi connectivity index (χ2n) is 7.05. The van der Waals surface area contributed by atoms with Gasteiger partial charge in [0.05, 0.1) is 14.2 Å². The van der Waals surface area contributed by atoms with Crippen molar-refractivity contribution in [1.29, 1.82) is 0 Å². The van der Waals surface area contributed by atoms with Crippen molar-refractivity contribution in [1.82, 2.24) is 20.4 Å². The fourth-order valence-electron chi connectivity index (χ4n) is 3.54. The summed E-state index contributed by atoms with van der Waals surface area (Å²) in [4.78, 5) is 19.1. The van der Waals surface area contributed by atoms with Crippen LogP contribution in [0, 0.1) is 0 Å². The second-order valence-corrected chi connectivity index (χ2v) is 7.05. The molecule has 1 aliphatic heterocycles. The maximum Gasteiger partial charge on any atom is 0.318 e. The van der Waals surface area contributed by atoms with E-state index >= 15 is 0 Å². The van der Waals surface area contributed by atoms with Crippen molar-refractivity contribution in [3.05, 3.63) is 60.0 Å². The Hall–Kier alpha value is -3.55. The van der Waals surface area contributed by atoms with Crippen LogP contribution in [0.3, 0.4) is 0 Å². The largest absolute Gasteiger partial charge is 0.497 e. The van der Waals surface area contributed by atoms with Crippen molar-refractivity contribution >= 4 is 6.03 Å². The SMILES string of the molecule is COc1ccc(CNC(=O)N2CCCC2c2nc(-c3cccc(OC)c3)no2)cc1. The average molecular weight is 408 g/mol. The van der Waals surface area contributed by atoms with Crippen LogP contribution in [0.5, 0.6) is 11.5 Å². The Kier molecular flexibility index (Phi) is 5.83. The molecule has 1 saturated heterocycles. The van der Waals surface area contributed by atoms with Crippen LogP contribution >= 0.6 is 0 Å². The molecule has 8 heteroatoms. The quantitative estimate of drug-likeness (QED) is 0.667. The average Bonchev–Trinajstić information content (AvgIpc) is 3.47. The van der Waals surface area contributed by atoms with Crippen LogP contribution in [0.25, 0.3) is 11.4 Å². The zero-order chi connectivity index (χ0) is 20.9. The lowest BCUT2D eigenvalue weighted by molar-refractivity contribution is 0.180. The summed E-state index contributed by atoms with van der Waals surface area (Å²) in [5.74, 6) is 2.44. The number of nitrogens with one attached hydrogen (secondary N) is 1. The summed E-state index contributed by atoms with van der Waals surface area (Å²) in [5, 5.41) is 7.07. The zero-order valence-corrected chi connectivity index (χ0v) is 17.0. The van der Waals surface area contributed by atoms with Crippen LogP contribution in [0.2, 0.25) is 0 Å². The number of carbonyl (C=O) groups excluding carboxylic acids is 1. The molecule has 8 nitrogen and oxygen atoms in total. The van der Waals surface area contributed by atoms with Gasteiger partial charge in [-0.1, -0.05) is 29.4 Å². The smallest absolute Gasteiger partial charge is 0.318 e. The van der Waals surface area contributed by atoms with E-state index in [0.29, 0.717) is 24.8 Å². The number of methoxy groups -OCH3 is 2. The van der Waals surface area contributed by atoms with E-state index in [-0.39, 0.29) is 12.1 Å². The molecule has 1 aromatic heterocycles. The van der Waals surface area contributed by atoms with E-state index in [1.54, 1.807) is 19.1 Å². The predicted molar refractivity (Wildman–Crippen MR) is 110 cm³/mol. The third kappa shape index (κ3) is 4.22. The lowest BCUT2D eigenvalue weighted by atomic mass is 10.2. The molecule has 1 atom stereocenters. The van der Waals surface area contributed by atoms with Crippen molar-refractivity contribution in [3.8, 4) is 22.9 Å². The maximum absolute atomic E-state index is 12.8. The first-order chi connectivity index (χ1) is 14.7. The Labute approximate surface area is 174 Å². The molecule has 1 unspecified atom stereocenters. The Bertz CT molecular complexity index is 1000. The fraction of sp³-hybridized carbons (Fsp3) is 0.318. The number of urea groups is 1. The van der Waals surface area contributed by atoms with Crippen LogP contribution in [0.1, 0.15) is 30.3 Å². The van der Waals surface area contributed by atoms with Crippen molar-refractivity contribution in [2.45, 2.75) is 25.4 Å². The topological polar surface area (TPSA) is 89.7 Å². The molecule has 1 aliphatic rings. The number of likely N-dealkylation sites (tertiary alicyclic amines) is 1. The number of hydrogen-bond donors (Lipinski definition) is 1. The lowest BCUT2D eigenvalue weighted by Crippen LogP contribution is -2.39. The molecule has 0 bridgehead atoms. The highest BCUT2D eigenvalue weighted by Gasteiger charge is 2.34. The number of ether oxygens (including phenoxy) is 2. The second kappa shape index (κ2) is 8.86. The van der Waals surface area contributed by atoms with Crippen LogP contribution in [0.15, 0.2) is 53.1 Å². The van der Waals surface area contributed by atoms with E-state index in [0.717, 1.165) is 35.5 Å². The van der Waals surface area contributed by atoms with Gasteiger partial charge >= 0.3 is 6.03 Å². The first-order valence-electron chi connectivity index (χ1n) is 9.83. The Morgan fingerprint density at radius 1 is 1.17 bits per heavy atom. The number of carbonyl (C=O) groups is 1. The van der Waals surface area contributed by atoms with Gasteiger partial charge in [-0.25, -0.2) is 4.79 Å². The highest BCUT2D eigenvalue weighted by Crippen LogP contribution is 2.32. The molecule has 0 aliphatic carbocycles. The van der Waals surface area contributed by atoms with E-state index in [9.17, 15) is 4.79 Å². The first kappa shape index (κ1) is 19.8. The molecule has 3 aromatic rings. The Morgan fingerprint density at radius 3 is 2.73 bits per heavy atom. The molecular weight excluding hydrogens is 384 g/mol. The maximum atomic E-state index is 12.8.